The smallest absolute Gasteiger partial charge is 0.0507 e. The van der Waals surface area contributed by atoms with Crippen LogP contribution in [0, 0.1) is 11.3 Å². The summed E-state index contributed by atoms with van der Waals surface area (Å²) >= 11 is 2.04. The summed E-state index contributed by atoms with van der Waals surface area (Å²) in [6.45, 7) is 19.6. The Bertz CT molecular complexity index is 326. The van der Waals surface area contributed by atoms with Gasteiger partial charge in [0.05, 0.1) is 6.67 Å². The highest BCUT2D eigenvalue weighted by molar-refractivity contribution is 7.99. The van der Waals surface area contributed by atoms with Crippen LogP contribution in [0.3, 0.4) is 0 Å². The van der Waals surface area contributed by atoms with E-state index in [0.29, 0.717) is 5.41 Å². The van der Waals surface area contributed by atoms with E-state index in [1.54, 1.807) is 0 Å². The second-order valence-electron chi connectivity index (χ2n) is 8.81. The average molecular weight is 342 g/mol. The van der Waals surface area contributed by atoms with Crippen molar-refractivity contribution in [1.82, 2.24) is 14.7 Å². The number of nitrogens with zero attached hydrogens (tertiary/aromatic N) is 3. The molecule has 23 heavy (non-hydrogen) atoms. The topological polar surface area (TPSA) is 9.72 Å². The van der Waals surface area contributed by atoms with Gasteiger partial charge in [0.2, 0.25) is 0 Å². The van der Waals surface area contributed by atoms with Gasteiger partial charge in [0.15, 0.2) is 0 Å². The zero-order valence-electron chi connectivity index (χ0n) is 16.2. The summed E-state index contributed by atoms with van der Waals surface area (Å²) in [5.74, 6) is 0.940. The molecule has 1 unspecified atom stereocenters. The van der Waals surface area contributed by atoms with Gasteiger partial charge >= 0.3 is 0 Å². The van der Waals surface area contributed by atoms with E-state index in [-0.39, 0.29) is 0 Å². The molecule has 0 radical (unpaired) electrons. The number of hydrogen-bond donors (Lipinski definition) is 0. The normalized spacial score (nSPS) is 24.9. The van der Waals surface area contributed by atoms with E-state index in [1.165, 1.54) is 71.7 Å². The van der Waals surface area contributed by atoms with Crippen LogP contribution in [0.2, 0.25) is 0 Å². The van der Waals surface area contributed by atoms with Crippen LogP contribution in [-0.4, -0.2) is 78.7 Å². The van der Waals surface area contributed by atoms with Crippen molar-refractivity contribution in [3.05, 3.63) is 0 Å². The molecule has 2 aliphatic rings. The van der Waals surface area contributed by atoms with E-state index >= 15 is 0 Å². The Morgan fingerprint density at radius 2 is 1.43 bits per heavy atom. The lowest BCUT2D eigenvalue weighted by Crippen LogP contribution is -2.51. The van der Waals surface area contributed by atoms with Gasteiger partial charge in [0, 0.05) is 31.4 Å². The van der Waals surface area contributed by atoms with E-state index in [4.69, 9.17) is 0 Å². The second-order valence-corrected chi connectivity index (χ2v) is 10.0. The number of rotatable bonds is 6. The average Bonchev–Trinajstić information content (AvgIpc) is 2.53. The maximum absolute atomic E-state index is 2.69. The molecular formula is C19H39N3S. The summed E-state index contributed by atoms with van der Waals surface area (Å²) in [5, 5.41) is 0.837. The van der Waals surface area contributed by atoms with Crippen molar-refractivity contribution in [2.24, 2.45) is 11.3 Å². The summed E-state index contributed by atoms with van der Waals surface area (Å²) in [5.41, 5.74) is 0.468. The van der Waals surface area contributed by atoms with Gasteiger partial charge in [-0.15, -0.1) is 0 Å². The summed E-state index contributed by atoms with van der Waals surface area (Å²) < 4.78 is 0. The van der Waals surface area contributed by atoms with Gasteiger partial charge in [0.25, 0.3) is 0 Å². The van der Waals surface area contributed by atoms with Crippen LogP contribution < -0.4 is 0 Å². The fourth-order valence-electron chi connectivity index (χ4n) is 3.69. The highest BCUT2D eigenvalue weighted by Gasteiger charge is 2.25. The molecule has 136 valence electrons. The third-order valence-corrected chi connectivity index (χ3v) is 6.84. The van der Waals surface area contributed by atoms with Crippen LogP contribution in [0.4, 0.5) is 0 Å². The number of thioether (sulfide) groups is 1. The first-order valence-electron chi connectivity index (χ1n) is 9.57. The SMILES string of the molecule is CSC(C)C1CCN(CN2CCN(CCC(C)(C)C)CC2)CC1. The summed E-state index contributed by atoms with van der Waals surface area (Å²) in [7, 11) is 0. The first-order chi connectivity index (χ1) is 10.9. The fraction of sp³-hybridized carbons (Fsp3) is 1.00. The molecule has 2 saturated heterocycles. The highest BCUT2D eigenvalue weighted by Crippen LogP contribution is 2.27. The van der Waals surface area contributed by atoms with Crippen LogP contribution >= 0.6 is 11.8 Å². The zero-order chi connectivity index (χ0) is 16.9. The molecule has 0 saturated carbocycles. The molecule has 0 amide bonds. The van der Waals surface area contributed by atoms with Gasteiger partial charge < -0.3 is 4.90 Å². The Morgan fingerprint density at radius 1 is 0.913 bits per heavy atom. The zero-order valence-corrected chi connectivity index (χ0v) is 17.0. The minimum atomic E-state index is 0.468. The predicted octanol–water partition coefficient (Wildman–Crippen LogP) is 3.46. The van der Waals surface area contributed by atoms with Crippen LogP contribution in [0.5, 0.6) is 0 Å². The molecule has 0 aliphatic carbocycles. The van der Waals surface area contributed by atoms with Gasteiger partial charge in [0.1, 0.15) is 0 Å². The Morgan fingerprint density at radius 3 is 1.96 bits per heavy atom. The third kappa shape index (κ3) is 6.93. The lowest BCUT2D eigenvalue weighted by atomic mass is 9.92. The third-order valence-electron chi connectivity index (χ3n) is 5.71. The lowest BCUT2D eigenvalue weighted by Gasteiger charge is -2.40. The Balaban J connectivity index is 1.62. The monoisotopic (exact) mass is 341 g/mol. The largest absolute Gasteiger partial charge is 0.301 e. The molecule has 0 spiro atoms. The number of likely N-dealkylation sites (tertiary alicyclic amines) is 1. The quantitative estimate of drug-likeness (QED) is 0.731. The van der Waals surface area contributed by atoms with E-state index < -0.39 is 0 Å². The van der Waals surface area contributed by atoms with Crippen LogP contribution in [0.25, 0.3) is 0 Å². The van der Waals surface area contributed by atoms with E-state index in [0.717, 1.165) is 11.2 Å². The van der Waals surface area contributed by atoms with Crippen molar-refractivity contribution in [2.45, 2.75) is 52.2 Å². The van der Waals surface area contributed by atoms with E-state index in [1.807, 2.05) is 11.8 Å². The maximum atomic E-state index is 2.69. The second kappa shape index (κ2) is 9.07. The van der Waals surface area contributed by atoms with Crippen molar-refractivity contribution in [2.75, 3.05) is 58.7 Å². The molecular weight excluding hydrogens is 302 g/mol. The van der Waals surface area contributed by atoms with Crippen molar-refractivity contribution in [1.29, 1.82) is 0 Å². The molecule has 0 aromatic rings. The molecule has 3 nitrogen and oxygen atoms in total. The van der Waals surface area contributed by atoms with Gasteiger partial charge in [-0.25, -0.2) is 0 Å². The lowest BCUT2D eigenvalue weighted by molar-refractivity contribution is 0.0531. The van der Waals surface area contributed by atoms with Gasteiger partial charge in [-0.2, -0.15) is 11.8 Å². The van der Waals surface area contributed by atoms with Gasteiger partial charge in [-0.05, 0) is 56.5 Å². The maximum Gasteiger partial charge on any atom is 0.0507 e. The first-order valence-corrected chi connectivity index (χ1v) is 10.9. The first kappa shape index (κ1) is 19.6. The predicted molar refractivity (Wildman–Crippen MR) is 104 cm³/mol. The molecule has 2 rings (SSSR count). The number of hydrogen-bond acceptors (Lipinski definition) is 4. The van der Waals surface area contributed by atoms with Crippen molar-refractivity contribution in [3.63, 3.8) is 0 Å². The molecule has 1 atom stereocenters. The van der Waals surface area contributed by atoms with Crippen molar-refractivity contribution < 1.29 is 0 Å². The van der Waals surface area contributed by atoms with Crippen molar-refractivity contribution in [3.8, 4) is 0 Å². The van der Waals surface area contributed by atoms with Crippen LogP contribution in [0.15, 0.2) is 0 Å². The number of piperidine rings is 1. The minimum absolute atomic E-state index is 0.468. The Kier molecular flexibility index (Phi) is 7.71. The molecule has 2 aliphatic heterocycles. The Labute approximate surface area is 149 Å². The molecule has 2 fully saturated rings. The molecule has 2 heterocycles. The molecule has 0 aromatic carbocycles. The van der Waals surface area contributed by atoms with Gasteiger partial charge in [-0.1, -0.05) is 27.7 Å². The summed E-state index contributed by atoms with van der Waals surface area (Å²) in [6, 6.07) is 0. The molecule has 4 heteroatoms. The van der Waals surface area contributed by atoms with Crippen LogP contribution in [0.1, 0.15) is 47.0 Å². The summed E-state index contributed by atoms with van der Waals surface area (Å²) in [6.07, 6.45) is 6.37. The van der Waals surface area contributed by atoms with E-state index in [2.05, 4.69) is 48.7 Å². The standard InChI is InChI=1S/C19H39N3S/c1-17(23-5)18-6-9-21(10-7-18)16-22-14-12-20(13-15-22)11-8-19(2,3)4/h17-18H,6-16H2,1-5H3. The highest BCUT2D eigenvalue weighted by atomic mass is 32.2. The number of piperazine rings is 1. The molecule has 0 aromatic heterocycles. The van der Waals surface area contributed by atoms with E-state index in [9.17, 15) is 0 Å². The fourth-order valence-corrected chi connectivity index (χ4v) is 4.34. The Hall–Kier alpha value is 0.230. The summed E-state index contributed by atoms with van der Waals surface area (Å²) in [4.78, 5) is 8.02. The molecule has 0 bridgehead atoms. The van der Waals surface area contributed by atoms with Gasteiger partial charge in [-0.3, -0.25) is 9.80 Å². The van der Waals surface area contributed by atoms with Crippen LogP contribution in [-0.2, 0) is 0 Å². The minimum Gasteiger partial charge on any atom is -0.301 e. The molecule has 0 N–H and O–H groups in total. The van der Waals surface area contributed by atoms with Crippen molar-refractivity contribution >= 4 is 11.8 Å².